The van der Waals surface area contributed by atoms with Crippen molar-refractivity contribution in [1.82, 2.24) is 10.1 Å². The Labute approximate surface area is 83.1 Å². The summed E-state index contributed by atoms with van der Waals surface area (Å²) in [6.45, 7) is 0. The van der Waals surface area contributed by atoms with Gasteiger partial charge in [-0.1, -0.05) is 5.16 Å². The molecule has 1 heterocycles. The predicted octanol–water partition coefficient (Wildman–Crippen LogP) is 1.72. The van der Waals surface area contributed by atoms with Crippen molar-refractivity contribution in [1.29, 1.82) is 0 Å². The number of halogens is 3. The van der Waals surface area contributed by atoms with Crippen LogP contribution in [-0.4, -0.2) is 21.4 Å². The molecule has 1 fully saturated rings. The quantitative estimate of drug-likeness (QED) is 0.785. The van der Waals surface area contributed by atoms with Crippen LogP contribution in [0.3, 0.4) is 0 Å². The molecular formula is C8H9F3N2O2. The van der Waals surface area contributed by atoms with Gasteiger partial charge in [0.15, 0.2) is 0 Å². The number of aliphatic hydroxyl groups is 1. The number of nitrogens with zero attached hydrogens (tertiary/aromatic N) is 2. The standard InChI is InChI=1S/C8H9F3N2O2/c9-8(10,11)7-12-6(15-13-7)4-2-1-3-5(4)14/h4-5,14H,1-3H2. The van der Waals surface area contributed by atoms with Gasteiger partial charge in [0.05, 0.1) is 12.0 Å². The Morgan fingerprint density at radius 3 is 2.53 bits per heavy atom. The third-order valence-electron chi connectivity index (χ3n) is 2.49. The molecular weight excluding hydrogens is 213 g/mol. The maximum absolute atomic E-state index is 12.1. The van der Waals surface area contributed by atoms with Crippen molar-refractivity contribution in [2.45, 2.75) is 37.5 Å². The fraction of sp³-hybridized carbons (Fsp3) is 0.750. The predicted molar refractivity (Wildman–Crippen MR) is 41.9 cm³/mol. The second kappa shape index (κ2) is 3.48. The van der Waals surface area contributed by atoms with Crippen LogP contribution in [0.1, 0.15) is 36.9 Å². The van der Waals surface area contributed by atoms with Gasteiger partial charge >= 0.3 is 6.18 Å². The molecule has 7 heteroatoms. The molecule has 2 unspecified atom stereocenters. The molecule has 0 aromatic carbocycles. The lowest BCUT2D eigenvalue weighted by atomic mass is 10.1. The SMILES string of the molecule is OC1CCCC1c1nc(C(F)(F)F)no1. The highest BCUT2D eigenvalue weighted by Crippen LogP contribution is 2.35. The summed E-state index contributed by atoms with van der Waals surface area (Å²) >= 11 is 0. The summed E-state index contributed by atoms with van der Waals surface area (Å²) in [5.74, 6) is -1.85. The summed E-state index contributed by atoms with van der Waals surface area (Å²) in [5.41, 5.74) is 0. The van der Waals surface area contributed by atoms with Crippen LogP contribution in [0.25, 0.3) is 0 Å². The van der Waals surface area contributed by atoms with Gasteiger partial charge in [-0.05, 0) is 19.3 Å². The second-order valence-corrected chi connectivity index (χ2v) is 3.56. The van der Waals surface area contributed by atoms with Crippen molar-refractivity contribution >= 4 is 0 Å². The zero-order valence-electron chi connectivity index (χ0n) is 7.66. The Morgan fingerprint density at radius 1 is 1.33 bits per heavy atom. The lowest BCUT2D eigenvalue weighted by Crippen LogP contribution is -2.12. The van der Waals surface area contributed by atoms with Crippen LogP contribution in [0.4, 0.5) is 13.2 Å². The van der Waals surface area contributed by atoms with E-state index in [1.807, 2.05) is 0 Å². The molecule has 1 aliphatic carbocycles. The molecule has 0 radical (unpaired) electrons. The Balaban J connectivity index is 2.20. The third kappa shape index (κ3) is 1.97. The van der Waals surface area contributed by atoms with Crippen LogP contribution in [0.2, 0.25) is 0 Å². The molecule has 2 atom stereocenters. The molecule has 0 amide bonds. The Kier molecular flexibility index (Phi) is 2.41. The van der Waals surface area contributed by atoms with Gasteiger partial charge in [0.1, 0.15) is 0 Å². The molecule has 1 aliphatic rings. The summed E-state index contributed by atoms with van der Waals surface area (Å²) in [6, 6.07) is 0. The molecule has 84 valence electrons. The van der Waals surface area contributed by atoms with Crippen molar-refractivity contribution in [3.63, 3.8) is 0 Å². The van der Waals surface area contributed by atoms with Gasteiger partial charge in [-0.2, -0.15) is 18.2 Å². The Bertz CT molecular complexity index is 350. The number of hydrogen-bond acceptors (Lipinski definition) is 4. The first kappa shape index (κ1) is 10.4. The minimum Gasteiger partial charge on any atom is -0.392 e. The van der Waals surface area contributed by atoms with E-state index in [0.717, 1.165) is 6.42 Å². The second-order valence-electron chi connectivity index (χ2n) is 3.56. The van der Waals surface area contributed by atoms with Gasteiger partial charge in [-0.3, -0.25) is 0 Å². The van der Waals surface area contributed by atoms with Crippen LogP contribution in [0, 0.1) is 0 Å². The van der Waals surface area contributed by atoms with E-state index in [0.29, 0.717) is 12.8 Å². The van der Waals surface area contributed by atoms with Crippen LogP contribution < -0.4 is 0 Å². The summed E-state index contributed by atoms with van der Waals surface area (Å²) in [7, 11) is 0. The smallest absolute Gasteiger partial charge is 0.392 e. The van der Waals surface area contributed by atoms with Crippen molar-refractivity contribution < 1.29 is 22.8 Å². The first-order valence-corrected chi connectivity index (χ1v) is 4.57. The Morgan fingerprint density at radius 2 is 2.07 bits per heavy atom. The molecule has 0 saturated heterocycles. The highest BCUT2D eigenvalue weighted by Gasteiger charge is 2.39. The van der Waals surface area contributed by atoms with Gasteiger partial charge in [0.25, 0.3) is 5.82 Å². The maximum atomic E-state index is 12.1. The molecule has 0 spiro atoms. The fourth-order valence-corrected chi connectivity index (χ4v) is 1.73. The largest absolute Gasteiger partial charge is 0.455 e. The van der Waals surface area contributed by atoms with E-state index >= 15 is 0 Å². The van der Waals surface area contributed by atoms with Crippen LogP contribution >= 0.6 is 0 Å². The van der Waals surface area contributed by atoms with Crippen molar-refractivity contribution in [2.75, 3.05) is 0 Å². The number of hydrogen-bond donors (Lipinski definition) is 1. The lowest BCUT2D eigenvalue weighted by Gasteiger charge is -2.07. The first-order chi connectivity index (χ1) is 6.98. The molecule has 1 N–H and O–H groups in total. The van der Waals surface area contributed by atoms with Crippen molar-refractivity contribution in [2.24, 2.45) is 0 Å². The van der Waals surface area contributed by atoms with E-state index in [2.05, 4.69) is 14.7 Å². The van der Waals surface area contributed by atoms with E-state index in [-0.39, 0.29) is 5.89 Å². The minimum atomic E-state index is -4.59. The molecule has 1 aromatic heterocycles. The zero-order valence-corrected chi connectivity index (χ0v) is 7.66. The Hall–Kier alpha value is -1.11. The minimum absolute atomic E-state index is 0.118. The summed E-state index contributed by atoms with van der Waals surface area (Å²) in [5, 5.41) is 12.3. The number of rotatable bonds is 1. The van der Waals surface area contributed by atoms with Crippen LogP contribution in [-0.2, 0) is 6.18 Å². The first-order valence-electron chi connectivity index (χ1n) is 4.57. The number of aliphatic hydroxyl groups excluding tert-OH is 1. The molecule has 1 aromatic rings. The monoisotopic (exact) mass is 222 g/mol. The maximum Gasteiger partial charge on any atom is 0.455 e. The average molecular weight is 222 g/mol. The molecule has 0 bridgehead atoms. The van der Waals surface area contributed by atoms with E-state index in [1.54, 1.807) is 0 Å². The number of aromatic nitrogens is 2. The summed E-state index contributed by atoms with van der Waals surface area (Å²) in [4.78, 5) is 3.25. The van der Waals surface area contributed by atoms with E-state index in [4.69, 9.17) is 0 Å². The van der Waals surface area contributed by atoms with E-state index in [1.165, 1.54) is 0 Å². The molecule has 4 nitrogen and oxygen atoms in total. The van der Waals surface area contributed by atoms with Gasteiger partial charge in [-0.25, -0.2) is 0 Å². The topological polar surface area (TPSA) is 59.2 Å². The van der Waals surface area contributed by atoms with Crippen molar-refractivity contribution in [3.8, 4) is 0 Å². The third-order valence-corrected chi connectivity index (χ3v) is 2.49. The van der Waals surface area contributed by atoms with Crippen LogP contribution in [0.5, 0.6) is 0 Å². The van der Waals surface area contributed by atoms with Gasteiger partial charge in [-0.15, -0.1) is 0 Å². The van der Waals surface area contributed by atoms with Gasteiger partial charge in [0.2, 0.25) is 5.89 Å². The molecule has 0 aliphatic heterocycles. The summed E-state index contributed by atoms with van der Waals surface area (Å²) < 4.78 is 40.9. The lowest BCUT2D eigenvalue weighted by molar-refractivity contribution is -0.146. The zero-order chi connectivity index (χ0) is 11.1. The number of alkyl halides is 3. The van der Waals surface area contributed by atoms with Crippen LogP contribution in [0.15, 0.2) is 4.52 Å². The highest BCUT2D eigenvalue weighted by molar-refractivity contribution is 5.01. The van der Waals surface area contributed by atoms with Crippen molar-refractivity contribution in [3.05, 3.63) is 11.7 Å². The molecule has 15 heavy (non-hydrogen) atoms. The van der Waals surface area contributed by atoms with Gasteiger partial charge < -0.3 is 9.63 Å². The molecule has 2 rings (SSSR count). The van der Waals surface area contributed by atoms with Gasteiger partial charge in [0, 0.05) is 0 Å². The van der Waals surface area contributed by atoms with E-state index in [9.17, 15) is 18.3 Å². The summed E-state index contributed by atoms with van der Waals surface area (Å²) in [6.07, 6.45) is -3.36. The molecule has 1 saturated carbocycles. The normalized spacial score (nSPS) is 27.2. The highest BCUT2D eigenvalue weighted by atomic mass is 19.4. The fourth-order valence-electron chi connectivity index (χ4n) is 1.73. The average Bonchev–Trinajstić information content (AvgIpc) is 2.69. The van der Waals surface area contributed by atoms with E-state index < -0.39 is 24.0 Å².